The first-order valence-corrected chi connectivity index (χ1v) is 8.35. The third-order valence-electron chi connectivity index (χ3n) is 4.56. The molecule has 5 heteroatoms. The van der Waals surface area contributed by atoms with E-state index < -0.39 is 0 Å². The fourth-order valence-electron chi connectivity index (χ4n) is 3.56. The molecule has 0 spiro atoms. The zero-order valence-electron chi connectivity index (χ0n) is 12.9. The van der Waals surface area contributed by atoms with Crippen LogP contribution in [0.1, 0.15) is 35.6 Å². The molecule has 1 atom stereocenters. The van der Waals surface area contributed by atoms with Crippen LogP contribution in [0.3, 0.4) is 0 Å². The normalized spacial score (nSPS) is 21.0. The minimum absolute atomic E-state index is 0.313. The lowest BCUT2D eigenvalue weighted by molar-refractivity contribution is -0.0175. The van der Waals surface area contributed by atoms with Gasteiger partial charge in [-0.25, -0.2) is 0 Å². The van der Waals surface area contributed by atoms with Gasteiger partial charge in [-0.3, -0.25) is 9.88 Å². The SMILES string of the molecule is Clc1cc2c(c(CN3CCC[C@@H]3c3cccnc3)c1)OCOC2. The van der Waals surface area contributed by atoms with Crippen LogP contribution in [0.2, 0.25) is 5.02 Å². The molecule has 1 aromatic heterocycles. The molecular formula is C18H19ClN2O2. The number of ether oxygens (including phenoxy) is 2. The molecule has 23 heavy (non-hydrogen) atoms. The summed E-state index contributed by atoms with van der Waals surface area (Å²) < 4.78 is 11.1. The van der Waals surface area contributed by atoms with E-state index in [2.05, 4.69) is 16.0 Å². The van der Waals surface area contributed by atoms with Gasteiger partial charge >= 0.3 is 0 Å². The van der Waals surface area contributed by atoms with Gasteiger partial charge in [0.1, 0.15) is 5.75 Å². The van der Waals surface area contributed by atoms with Crippen LogP contribution in [0.25, 0.3) is 0 Å². The van der Waals surface area contributed by atoms with Crippen LogP contribution in [0.5, 0.6) is 5.75 Å². The Morgan fingerprint density at radius 2 is 2.30 bits per heavy atom. The molecule has 0 radical (unpaired) electrons. The Hall–Kier alpha value is -1.62. The topological polar surface area (TPSA) is 34.6 Å². The molecule has 2 aliphatic rings. The number of pyridine rings is 1. The van der Waals surface area contributed by atoms with Gasteiger partial charge in [-0.2, -0.15) is 0 Å². The highest BCUT2D eigenvalue weighted by Gasteiger charge is 2.28. The number of aromatic nitrogens is 1. The molecule has 0 unspecified atom stereocenters. The summed E-state index contributed by atoms with van der Waals surface area (Å²) in [6.45, 7) is 2.79. The number of nitrogens with zero attached hydrogens (tertiary/aromatic N) is 2. The van der Waals surface area contributed by atoms with Crippen LogP contribution in [0.15, 0.2) is 36.7 Å². The molecule has 0 saturated carbocycles. The lowest BCUT2D eigenvalue weighted by Gasteiger charge is -2.27. The zero-order chi connectivity index (χ0) is 15.6. The van der Waals surface area contributed by atoms with Crippen molar-refractivity contribution in [3.05, 3.63) is 58.4 Å². The summed E-state index contributed by atoms with van der Waals surface area (Å²) in [5, 5.41) is 0.741. The largest absolute Gasteiger partial charge is 0.467 e. The molecule has 2 aromatic rings. The second-order valence-corrected chi connectivity index (χ2v) is 6.52. The molecule has 0 N–H and O–H groups in total. The number of benzene rings is 1. The van der Waals surface area contributed by atoms with Crippen LogP contribution in [-0.4, -0.2) is 23.2 Å². The van der Waals surface area contributed by atoms with Crippen molar-refractivity contribution in [3.63, 3.8) is 0 Å². The second kappa shape index (κ2) is 6.48. The van der Waals surface area contributed by atoms with Crippen LogP contribution in [0.4, 0.5) is 0 Å². The highest BCUT2D eigenvalue weighted by molar-refractivity contribution is 6.30. The molecule has 4 nitrogen and oxygen atoms in total. The van der Waals surface area contributed by atoms with E-state index in [1.165, 1.54) is 18.4 Å². The van der Waals surface area contributed by atoms with Crippen LogP contribution < -0.4 is 4.74 Å². The minimum Gasteiger partial charge on any atom is -0.467 e. The van der Waals surface area contributed by atoms with Crippen molar-refractivity contribution in [2.45, 2.75) is 32.0 Å². The van der Waals surface area contributed by atoms with Crippen molar-refractivity contribution in [2.75, 3.05) is 13.3 Å². The van der Waals surface area contributed by atoms with Crippen molar-refractivity contribution in [1.82, 2.24) is 9.88 Å². The number of rotatable bonds is 3. The lowest BCUT2D eigenvalue weighted by atomic mass is 10.0. The molecule has 3 heterocycles. The maximum Gasteiger partial charge on any atom is 0.189 e. The molecule has 1 fully saturated rings. The molecule has 1 aromatic carbocycles. The summed E-state index contributed by atoms with van der Waals surface area (Å²) in [4.78, 5) is 6.75. The van der Waals surface area contributed by atoms with Crippen molar-refractivity contribution < 1.29 is 9.47 Å². The van der Waals surface area contributed by atoms with Gasteiger partial charge in [0.25, 0.3) is 0 Å². The number of halogens is 1. The average Bonchev–Trinajstić information content (AvgIpc) is 3.04. The first-order valence-electron chi connectivity index (χ1n) is 7.97. The molecule has 0 aliphatic carbocycles. The first-order chi connectivity index (χ1) is 11.3. The van der Waals surface area contributed by atoms with E-state index >= 15 is 0 Å². The van der Waals surface area contributed by atoms with Crippen molar-refractivity contribution in [2.24, 2.45) is 0 Å². The number of hydrogen-bond acceptors (Lipinski definition) is 4. The Labute approximate surface area is 141 Å². The highest BCUT2D eigenvalue weighted by atomic mass is 35.5. The zero-order valence-corrected chi connectivity index (χ0v) is 13.6. The first kappa shape index (κ1) is 14.9. The van der Waals surface area contributed by atoms with Gasteiger partial charge in [0.2, 0.25) is 0 Å². The molecule has 2 aliphatic heterocycles. The van der Waals surface area contributed by atoms with E-state index in [-0.39, 0.29) is 0 Å². The van der Waals surface area contributed by atoms with E-state index in [4.69, 9.17) is 21.1 Å². The number of likely N-dealkylation sites (tertiary alicyclic amines) is 1. The van der Waals surface area contributed by atoms with Gasteiger partial charge in [0.05, 0.1) is 6.61 Å². The van der Waals surface area contributed by atoms with Crippen LogP contribution in [-0.2, 0) is 17.9 Å². The van der Waals surface area contributed by atoms with E-state index in [1.54, 1.807) is 0 Å². The molecule has 0 bridgehead atoms. The average molecular weight is 331 g/mol. The number of hydrogen-bond donors (Lipinski definition) is 0. The van der Waals surface area contributed by atoms with E-state index in [1.807, 2.05) is 30.6 Å². The Morgan fingerprint density at radius 3 is 3.17 bits per heavy atom. The van der Waals surface area contributed by atoms with E-state index in [9.17, 15) is 0 Å². The maximum absolute atomic E-state index is 6.28. The van der Waals surface area contributed by atoms with Crippen LogP contribution in [0, 0.1) is 0 Å². The molecular weight excluding hydrogens is 312 g/mol. The summed E-state index contributed by atoms with van der Waals surface area (Å²) in [5.74, 6) is 0.942. The van der Waals surface area contributed by atoms with Crippen LogP contribution >= 0.6 is 11.6 Å². The molecule has 4 rings (SSSR count). The second-order valence-electron chi connectivity index (χ2n) is 6.08. The van der Waals surface area contributed by atoms with Gasteiger partial charge in [0.15, 0.2) is 6.79 Å². The predicted molar refractivity (Wildman–Crippen MR) is 88.4 cm³/mol. The minimum atomic E-state index is 0.313. The predicted octanol–water partition coefficient (Wildman–Crippen LogP) is 3.94. The van der Waals surface area contributed by atoms with E-state index in [0.29, 0.717) is 19.4 Å². The smallest absolute Gasteiger partial charge is 0.189 e. The Morgan fingerprint density at radius 1 is 1.35 bits per heavy atom. The summed E-state index contributed by atoms with van der Waals surface area (Å²) in [6.07, 6.45) is 6.16. The number of fused-ring (bicyclic) bond motifs is 1. The fraction of sp³-hybridized carbons (Fsp3) is 0.389. The summed E-state index contributed by atoms with van der Waals surface area (Å²) in [7, 11) is 0. The van der Waals surface area contributed by atoms with Gasteiger partial charge in [-0.05, 0) is 43.1 Å². The summed E-state index contributed by atoms with van der Waals surface area (Å²) in [6, 6.07) is 8.53. The third-order valence-corrected chi connectivity index (χ3v) is 4.78. The Kier molecular flexibility index (Phi) is 4.21. The van der Waals surface area contributed by atoms with Crippen molar-refractivity contribution in [1.29, 1.82) is 0 Å². The summed E-state index contributed by atoms with van der Waals surface area (Å²) in [5.41, 5.74) is 3.47. The summed E-state index contributed by atoms with van der Waals surface area (Å²) >= 11 is 6.28. The van der Waals surface area contributed by atoms with Gasteiger partial charge in [-0.1, -0.05) is 17.7 Å². The quantitative estimate of drug-likeness (QED) is 0.853. The fourth-order valence-corrected chi connectivity index (χ4v) is 3.82. The lowest BCUT2D eigenvalue weighted by Crippen LogP contribution is -2.24. The Bertz CT molecular complexity index is 693. The standard InChI is InChI=1S/C18H19ClN2O2/c19-16-7-14(18-15(8-16)11-22-12-23-18)10-21-6-2-4-17(21)13-3-1-5-20-9-13/h1,3,5,7-9,17H,2,4,6,10-12H2/t17-/m1/s1. The maximum atomic E-state index is 6.28. The van der Waals surface area contributed by atoms with E-state index in [0.717, 1.165) is 35.0 Å². The van der Waals surface area contributed by atoms with Gasteiger partial charge in [0, 0.05) is 41.1 Å². The molecule has 0 amide bonds. The monoisotopic (exact) mass is 330 g/mol. The molecule has 120 valence electrons. The molecule has 1 saturated heterocycles. The van der Waals surface area contributed by atoms with Crippen molar-refractivity contribution >= 4 is 11.6 Å². The highest BCUT2D eigenvalue weighted by Crippen LogP contribution is 2.37. The van der Waals surface area contributed by atoms with Gasteiger partial charge in [-0.15, -0.1) is 0 Å². The Balaban J connectivity index is 1.61. The van der Waals surface area contributed by atoms with Crippen molar-refractivity contribution in [3.8, 4) is 5.75 Å². The van der Waals surface area contributed by atoms with Gasteiger partial charge < -0.3 is 9.47 Å². The third kappa shape index (κ3) is 3.07.